The van der Waals surface area contributed by atoms with E-state index in [9.17, 15) is 14.0 Å². The summed E-state index contributed by atoms with van der Waals surface area (Å²) < 4.78 is 14.5. The van der Waals surface area contributed by atoms with Crippen LogP contribution in [0.25, 0.3) is 0 Å². The van der Waals surface area contributed by atoms with Crippen molar-refractivity contribution in [3.05, 3.63) is 50.4 Å². The molecule has 0 saturated heterocycles. The topological polar surface area (TPSA) is 78.4 Å². The number of halogens is 2. The molecular weight excluding hydrogens is 363 g/mol. The van der Waals surface area contributed by atoms with Gasteiger partial charge in [-0.15, -0.1) is 11.3 Å². The van der Waals surface area contributed by atoms with Crippen molar-refractivity contribution in [3.63, 3.8) is 0 Å². The van der Waals surface area contributed by atoms with Crippen molar-refractivity contribution in [1.29, 1.82) is 0 Å². The number of nitrogens with one attached hydrogen (secondary N) is 2. The molecule has 21 heavy (non-hydrogen) atoms. The molecule has 3 N–H and O–H groups in total. The van der Waals surface area contributed by atoms with Crippen molar-refractivity contribution in [1.82, 2.24) is 5.32 Å². The first-order valence-corrected chi connectivity index (χ1v) is 7.38. The molecule has 0 aliphatic rings. The van der Waals surface area contributed by atoms with Crippen LogP contribution in [0.4, 0.5) is 14.9 Å². The number of urea groups is 1. The maximum atomic E-state index is 13.5. The van der Waals surface area contributed by atoms with Gasteiger partial charge in [-0.05, 0) is 46.3 Å². The van der Waals surface area contributed by atoms with E-state index in [1.807, 2.05) is 12.1 Å². The smallest absolute Gasteiger partial charge is 0.335 e. The number of carbonyl (C=O) groups excluding carboxylic acids is 1. The van der Waals surface area contributed by atoms with Crippen molar-refractivity contribution >= 4 is 45.0 Å². The first-order valence-electron chi connectivity index (χ1n) is 5.77. The van der Waals surface area contributed by atoms with Crippen LogP contribution >= 0.6 is 27.3 Å². The Labute approximate surface area is 131 Å². The maximum Gasteiger partial charge on any atom is 0.335 e. The van der Waals surface area contributed by atoms with Gasteiger partial charge in [0.1, 0.15) is 5.82 Å². The quantitative estimate of drug-likeness (QED) is 0.765. The summed E-state index contributed by atoms with van der Waals surface area (Å²) >= 11 is 4.78. The number of thiophene rings is 1. The summed E-state index contributed by atoms with van der Waals surface area (Å²) in [4.78, 5) is 23.4. The summed E-state index contributed by atoms with van der Waals surface area (Å²) in [6, 6.07) is 6.29. The molecule has 0 radical (unpaired) electrons. The number of carboxylic acids is 1. The van der Waals surface area contributed by atoms with Gasteiger partial charge >= 0.3 is 12.0 Å². The van der Waals surface area contributed by atoms with Crippen LogP contribution in [0.15, 0.2) is 34.1 Å². The Balaban J connectivity index is 1.99. The predicted octanol–water partition coefficient (Wildman–Crippen LogP) is 3.67. The number of benzene rings is 1. The second-order valence-corrected chi connectivity index (χ2v) is 6.56. The zero-order valence-electron chi connectivity index (χ0n) is 10.5. The fourth-order valence-electron chi connectivity index (χ4n) is 1.53. The molecule has 2 amide bonds. The number of hydrogen-bond acceptors (Lipinski definition) is 3. The number of carbonyl (C=O) groups is 2. The lowest BCUT2D eigenvalue weighted by molar-refractivity contribution is 0.0697. The van der Waals surface area contributed by atoms with Gasteiger partial charge in [0, 0.05) is 4.88 Å². The largest absolute Gasteiger partial charge is 0.478 e. The van der Waals surface area contributed by atoms with Gasteiger partial charge < -0.3 is 15.7 Å². The van der Waals surface area contributed by atoms with Crippen LogP contribution < -0.4 is 10.6 Å². The molecule has 0 atom stereocenters. The Kier molecular flexibility index (Phi) is 4.92. The molecule has 1 aromatic heterocycles. The van der Waals surface area contributed by atoms with Crippen molar-refractivity contribution < 1.29 is 19.1 Å². The SMILES string of the molecule is O=C(NCc1ccc(Br)s1)Nc1cc(C(=O)O)ccc1F. The molecule has 1 heterocycles. The summed E-state index contributed by atoms with van der Waals surface area (Å²) in [5.41, 5.74) is -0.284. The number of rotatable bonds is 4. The second kappa shape index (κ2) is 6.68. The van der Waals surface area contributed by atoms with E-state index < -0.39 is 17.8 Å². The number of amides is 2. The summed E-state index contributed by atoms with van der Waals surface area (Å²) in [6.07, 6.45) is 0. The van der Waals surface area contributed by atoms with Gasteiger partial charge in [0.2, 0.25) is 0 Å². The Hall–Kier alpha value is -1.93. The van der Waals surface area contributed by atoms with E-state index in [2.05, 4.69) is 26.6 Å². The maximum absolute atomic E-state index is 13.5. The standard InChI is InChI=1S/C13H10BrFN2O3S/c14-11-4-2-8(21-11)6-16-13(20)17-10-5-7(12(18)19)1-3-9(10)15/h1-5H,6H2,(H,18,19)(H2,16,17,20). The lowest BCUT2D eigenvalue weighted by atomic mass is 10.2. The molecular formula is C13H10BrFN2O3S. The third-order valence-electron chi connectivity index (χ3n) is 2.51. The Morgan fingerprint density at radius 2 is 2.05 bits per heavy atom. The van der Waals surface area contributed by atoms with Crippen LogP contribution in [0.3, 0.4) is 0 Å². The van der Waals surface area contributed by atoms with Crippen LogP contribution in [-0.2, 0) is 6.54 Å². The van der Waals surface area contributed by atoms with Crippen molar-refractivity contribution in [3.8, 4) is 0 Å². The lowest BCUT2D eigenvalue weighted by Gasteiger charge is -2.08. The summed E-state index contributed by atoms with van der Waals surface area (Å²) in [5.74, 6) is -1.89. The number of anilines is 1. The average Bonchev–Trinajstić information content (AvgIpc) is 2.84. The van der Waals surface area contributed by atoms with Crippen molar-refractivity contribution in [2.45, 2.75) is 6.54 Å². The summed E-state index contributed by atoms with van der Waals surface area (Å²) in [7, 11) is 0. The van der Waals surface area contributed by atoms with E-state index in [0.29, 0.717) is 6.54 Å². The zero-order valence-corrected chi connectivity index (χ0v) is 12.9. The number of carboxylic acid groups (broad SMARTS) is 1. The van der Waals surface area contributed by atoms with Gasteiger partial charge in [-0.2, -0.15) is 0 Å². The molecule has 0 fully saturated rings. The molecule has 0 aliphatic heterocycles. The first kappa shape index (κ1) is 15.5. The highest BCUT2D eigenvalue weighted by Gasteiger charge is 2.11. The monoisotopic (exact) mass is 372 g/mol. The van der Waals surface area contributed by atoms with Gasteiger partial charge in [0.25, 0.3) is 0 Å². The highest BCUT2D eigenvalue weighted by molar-refractivity contribution is 9.11. The first-order chi connectivity index (χ1) is 9.95. The number of aromatic carboxylic acids is 1. The van der Waals surface area contributed by atoms with Crippen molar-refractivity contribution in [2.24, 2.45) is 0 Å². The second-order valence-electron chi connectivity index (χ2n) is 4.01. The van der Waals surface area contributed by atoms with Crippen LogP contribution in [0.1, 0.15) is 15.2 Å². The summed E-state index contributed by atoms with van der Waals surface area (Å²) in [5, 5.41) is 13.7. The van der Waals surface area contributed by atoms with E-state index in [0.717, 1.165) is 26.9 Å². The fraction of sp³-hybridized carbons (Fsp3) is 0.0769. The minimum absolute atomic E-state index is 0.103. The third kappa shape index (κ3) is 4.27. The van der Waals surface area contributed by atoms with Crippen LogP contribution in [0, 0.1) is 5.82 Å². The molecule has 0 spiro atoms. The Morgan fingerprint density at radius 3 is 2.67 bits per heavy atom. The molecule has 0 aliphatic carbocycles. The Morgan fingerprint density at radius 1 is 1.29 bits per heavy atom. The minimum Gasteiger partial charge on any atom is -0.478 e. The van der Waals surface area contributed by atoms with Crippen LogP contribution in [0.2, 0.25) is 0 Å². The molecule has 0 unspecified atom stereocenters. The van der Waals surface area contributed by atoms with Gasteiger partial charge in [-0.25, -0.2) is 14.0 Å². The number of hydrogen-bond donors (Lipinski definition) is 3. The molecule has 5 nitrogen and oxygen atoms in total. The molecule has 2 aromatic rings. The van der Waals surface area contributed by atoms with E-state index in [4.69, 9.17) is 5.11 Å². The van der Waals surface area contributed by atoms with Gasteiger partial charge in [0.05, 0.1) is 21.6 Å². The van der Waals surface area contributed by atoms with Gasteiger partial charge in [-0.1, -0.05) is 0 Å². The van der Waals surface area contributed by atoms with E-state index >= 15 is 0 Å². The lowest BCUT2D eigenvalue weighted by Crippen LogP contribution is -2.28. The average molecular weight is 373 g/mol. The third-order valence-corrected chi connectivity index (χ3v) is 4.14. The molecule has 0 bridgehead atoms. The molecule has 0 saturated carbocycles. The summed E-state index contributed by atoms with van der Waals surface area (Å²) in [6.45, 7) is 0.294. The van der Waals surface area contributed by atoms with E-state index in [-0.39, 0.29) is 11.3 Å². The molecule has 1 aromatic carbocycles. The van der Waals surface area contributed by atoms with Crippen LogP contribution in [0.5, 0.6) is 0 Å². The highest BCUT2D eigenvalue weighted by atomic mass is 79.9. The molecule has 2 rings (SSSR count). The molecule has 8 heteroatoms. The molecule has 110 valence electrons. The predicted molar refractivity (Wildman–Crippen MR) is 81.2 cm³/mol. The fourth-order valence-corrected chi connectivity index (χ4v) is 2.96. The minimum atomic E-state index is -1.19. The normalized spacial score (nSPS) is 10.2. The Bertz CT molecular complexity index is 690. The van der Waals surface area contributed by atoms with E-state index in [1.54, 1.807) is 0 Å². The van der Waals surface area contributed by atoms with Gasteiger partial charge in [-0.3, -0.25) is 0 Å². The van der Waals surface area contributed by atoms with Crippen molar-refractivity contribution in [2.75, 3.05) is 5.32 Å². The van der Waals surface area contributed by atoms with E-state index in [1.165, 1.54) is 11.3 Å². The van der Waals surface area contributed by atoms with Crippen LogP contribution in [-0.4, -0.2) is 17.1 Å². The zero-order chi connectivity index (χ0) is 15.4. The van der Waals surface area contributed by atoms with Gasteiger partial charge in [0.15, 0.2) is 0 Å². The highest BCUT2D eigenvalue weighted by Crippen LogP contribution is 2.22.